The van der Waals surface area contributed by atoms with Gasteiger partial charge in [0.25, 0.3) is 0 Å². The molecule has 0 fully saturated rings. The highest BCUT2D eigenvalue weighted by Gasteiger charge is 2.27. The molecule has 0 saturated carbocycles. The van der Waals surface area contributed by atoms with E-state index in [2.05, 4.69) is 198 Å². The van der Waals surface area contributed by atoms with E-state index in [0.29, 0.717) is 5.84 Å². The van der Waals surface area contributed by atoms with Crippen LogP contribution in [0.25, 0.3) is 92.9 Å². The Morgan fingerprint density at radius 2 is 1.11 bits per heavy atom. The minimum Gasteiger partial charge on any atom is -0.455 e. The standard InChI is InChI=1S/C57H36N4O/c1-3-14-35(15-4-1)41-27-29-48-46(32-41)52-43-24-12-10-17-37(43)26-30-49(52)61(48)50-31-28-45(54-53(50)47-33-39-20-7-8-21-40(39)34-51(47)62-54)57-59-55(38-18-5-2-6-19-38)58-56(60-57)44-25-13-22-36-16-9-11-23-42(36)44/h1-34,56H,(H,58,59,60). The molecule has 0 bridgehead atoms. The van der Waals surface area contributed by atoms with Crippen molar-refractivity contribution in [1.82, 2.24) is 9.88 Å². The van der Waals surface area contributed by atoms with E-state index in [1.54, 1.807) is 0 Å². The second kappa shape index (κ2) is 13.6. The summed E-state index contributed by atoms with van der Waals surface area (Å²) >= 11 is 0. The van der Waals surface area contributed by atoms with Gasteiger partial charge in [0.15, 0.2) is 5.84 Å². The fourth-order valence-corrected chi connectivity index (χ4v) is 9.73. The van der Waals surface area contributed by atoms with E-state index in [-0.39, 0.29) is 0 Å². The summed E-state index contributed by atoms with van der Waals surface area (Å²) in [5, 5.41) is 15.2. The molecule has 62 heavy (non-hydrogen) atoms. The van der Waals surface area contributed by atoms with Gasteiger partial charge in [0, 0.05) is 27.3 Å². The lowest BCUT2D eigenvalue weighted by molar-refractivity contribution is 0.665. The molecule has 5 nitrogen and oxygen atoms in total. The first kappa shape index (κ1) is 34.6. The van der Waals surface area contributed by atoms with Crippen LogP contribution in [0.1, 0.15) is 22.9 Å². The Morgan fingerprint density at radius 1 is 0.452 bits per heavy atom. The van der Waals surface area contributed by atoms with Gasteiger partial charge in [-0.3, -0.25) is 0 Å². The number of rotatable bonds is 5. The van der Waals surface area contributed by atoms with Crippen molar-refractivity contribution < 1.29 is 4.42 Å². The van der Waals surface area contributed by atoms with Crippen molar-refractivity contribution in [2.75, 3.05) is 0 Å². The predicted molar refractivity (Wildman–Crippen MR) is 258 cm³/mol. The summed E-state index contributed by atoms with van der Waals surface area (Å²) in [5.74, 6) is 1.37. The summed E-state index contributed by atoms with van der Waals surface area (Å²) in [6.07, 6.45) is -0.394. The lowest BCUT2D eigenvalue weighted by Gasteiger charge is -2.25. The average molecular weight is 793 g/mol. The van der Waals surface area contributed by atoms with Crippen LogP contribution in [0, 0.1) is 0 Å². The van der Waals surface area contributed by atoms with Gasteiger partial charge in [-0.15, -0.1) is 0 Å². The van der Waals surface area contributed by atoms with E-state index in [1.807, 2.05) is 18.2 Å². The Morgan fingerprint density at radius 3 is 1.92 bits per heavy atom. The monoisotopic (exact) mass is 792 g/mol. The quantitative estimate of drug-likeness (QED) is 0.189. The highest BCUT2D eigenvalue weighted by atomic mass is 16.3. The third-order valence-electron chi connectivity index (χ3n) is 12.6. The number of benzene rings is 10. The minimum atomic E-state index is -0.394. The molecule has 1 unspecified atom stereocenters. The van der Waals surface area contributed by atoms with Crippen molar-refractivity contribution in [2.45, 2.75) is 6.17 Å². The van der Waals surface area contributed by atoms with E-state index in [0.717, 1.165) is 77.3 Å². The second-order valence-corrected chi connectivity index (χ2v) is 16.1. The maximum absolute atomic E-state index is 7.12. The molecule has 1 N–H and O–H groups in total. The van der Waals surface area contributed by atoms with Gasteiger partial charge in [0.05, 0.1) is 27.7 Å². The van der Waals surface area contributed by atoms with Gasteiger partial charge in [-0.1, -0.05) is 164 Å². The van der Waals surface area contributed by atoms with Crippen molar-refractivity contribution in [2.24, 2.45) is 9.98 Å². The molecule has 0 radical (unpaired) electrons. The van der Waals surface area contributed by atoms with Crippen molar-refractivity contribution in [3.63, 3.8) is 0 Å². The first-order valence-corrected chi connectivity index (χ1v) is 21.1. The molecule has 290 valence electrons. The summed E-state index contributed by atoms with van der Waals surface area (Å²) in [7, 11) is 0. The Bertz CT molecular complexity index is 3830. The summed E-state index contributed by atoms with van der Waals surface area (Å²) in [6, 6.07) is 73.4. The summed E-state index contributed by atoms with van der Waals surface area (Å²) in [4.78, 5) is 10.7. The van der Waals surface area contributed by atoms with Crippen LogP contribution in [-0.4, -0.2) is 16.2 Å². The molecular formula is C57H36N4O. The first-order valence-electron chi connectivity index (χ1n) is 21.1. The van der Waals surface area contributed by atoms with Crippen LogP contribution in [0.4, 0.5) is 0 Å². The van der Waals surface area contributed by atoms with Crippen LogP contribution < -0.4 is 5.32 Å². The molecule has 10 aromatic carbocycles. The van der Waals surface area contributed by atoms with E-state index < -0.39 is 6.17 Å². The molecule has 0 amide bonds. The van der Waals surface area contributed by atoms with Crippen LogP contribution in [0.3, 0.4) is 0 Å². The topological polar surface area (TPSA) is 54.8 Å². The lowest BCUT2D eigenvalue weighted by Crippen LogP contribution is -2.33. The highest BCUT2D eigenvalue weighted by Crippen LogP contribution is 2.44. The van der Waals surface area contributed by atoms with Crippen LogP contribution >= 0.6 is 0 Å². The van der Waals surface area contributed by atoms with Crippen LogP contribution in [0.2, 0.25) is 0 Å². The molecule has 0 spiro atoms. The molecule has 13 rings (SSSR count). The zero-order valence-electron chi connectivity index (χ0n) is 33.5. The minimum absolute atomic E-state index is 0.394. The molecule has 12 aromatic rings. The maximum atomic E-state index is 7.12. The summed E-state index contributed by atoms with van der Waals surface area (Å²) in [6.45, 7) is 0. The zero-order chi connectivity index (χ0) is 40.7. The van der Waals surface area contributed by atoms with Gasteiger partial charge >= 0.3 is 0 Å². The summed E-state index contributed by atoms with van der Waals surface area (Å²) in [5.41, 5.74) is 10.1. The Hall–Kier alpha value is -8.28. The van der Waals surface area contributed by atoms with E-state index >= 15 is 0 Å². The Labute approximate surface area is 356 Å². The average Bonchev–Trinajstić information content (AvgIpc) is 3.88. The molecule has 1 atom stereocenters. The molecule has 5 heteroatoms. The number of nitrogens with zero attached hydrogens (tertiary/aromatic N) is 3. The van der Waals surface area contributed by atoms with Gasteiger partial charge in [-0.05, 0) is 85.9 Å². The van der Waals surface area contributed by atoms with Crippen LogP contribution in [0.15, 0.2) is 221 Å². The second-order valence-electron chi connectivity index (χ2n) is 16.1. The molecule has 1 aliphatic rings. The molecule has 2 aromatic heterocycles. The maximum Gasteiger partial charge on any atom is 0.163 e. The van der Waals surface area contributed by atoms with Crippen LogP contribution in [-0.2, 0) is 0 Å². The Kier molecular flexibility index (Phi) is 7.60. The van der Waals surface area contributed by atoms with Gasteiger partial charge in [-0.2, -0.15) is 0 Å². The van der Waals surface area contributed by atoms with Crippen molar-refractivity contribution in [3.8, 4) is 16.8 Å². The fourth-order valence-electron chi connectivity index (χ4n) is 9.73. The van der Waals surface area contributed by atoms with Crippen LogP contribution in [0.5, 0.6) is 0 Å². The number of fused-ring (bicyclic) bond motifs is 10. The number of hydrogen-bond acceptors (Lipinski definition) is 4. The van der Waals surface area contributed by atoms with E-state index in [9.17, 15) is 0 Å². The van der Waals surface area contributed by atoms with Crippen molar-refractivity contribution in [3.05, 3.63) is 223 Å². The Balaban J connectivity index is 1.12. The third-order valence-corrected chi connectivity index (χ3v) is 12.6. The van der Waals surface area contributed by atoms with E-state index in [1.165, 1.54) is 38.1 Å². The SMILES string of the molecule is c1ccc(C2=NC(c3ccc(-n4c5ccc(-c6ccccc6)cc5c5c6ccccc6ccc54)c4c3oc3cc5ccccc5cc34)=NC(c3cccc4ccccc34)N2)cc1. The molecule has 0 saturated heterocycles. The van der Waals surface area contributed by atoms with Gasteiger partial charge in [0.2, 0.25) is 0 Å². The number of furan rings is 1. The molecule has 3 heterocycles. The number of amidine groups is 2. The molecule has 0 aliphatic carbocycles. The molecule has 1 aliphatic heterocycles. The third kappa shape index (κ3) is 5.35. The van der Waals surface area contributed by atoms with Gasteiger partial charge in [-0.25, -0.2) is 9.98 Å². The van der Waals surface area contributed by atoms with Crippen molar-refractivity contribution in [1.29, 1.82) is 0 Å². The van der Waals surface area contributed by atoms with Crippen molar-refractivity contribution >= 4 is 87.7 Å². The number of aromatic nitrogens is 1. The zero-order valence-corrected chi connectivity index (χ0v) is 33.5. The number of aliphatic imine (C=N–C) groups is 2. The first-order chi connectivity index (χ1) is 30.7. The fraction of sp³-hybridized carbons (Fsp3) is 0.0175. The number of nitrogens with one attached hydrogen (secondary N) is 1. The lowest BCUT2D eigenvalue weighted by atomic mass is 10.0. The van der Waals surface area contributed by atoms with E-state index in [4.69, 9.17) is 14.4 Å². The van der Waals surface area contributed by atoms with Gasteiger partial charge in [0.1, 0.15) is 23.2 Å². The largest absolute Gasteiger partial charge is 0.455 e. The van der Waals surface area contributed by atoms with Gasteiger partial charge < -0.3 is 14.3 Å². The smallest absolute Gasteiger partial charge is 0.163 e. The normalized spacial score (nSPS) is 14.3. The highest BCUT2D eigenvalue weighted by molar-refractivity contribution is 6.25. The predicted octanol–water partition coefficient (Wildman–Crippen LogP) is 14.3. The summed E-state index contributed by atoms with van der Waals surface area (Å²) < 4.78 is 9.56. The molecular weight excluding hydrogens is 757 g/mol. The number of hydrogen-bond donors (Lipinski definition) is 1.